The Balaban J connectivity index is 2.38. The van der Waals surface area contributed by atoms with Crippen molar-refractivity contribution < 1.29 is 4.74 Å². The summed E-state index contributed by atoms with van der Waals surface area (Å²) in [6, 6.07) is 7.06. The van der Waals surface area contributed by atoms with E-state index in [4.69, 9.17) is 21.6 Å². The number of aromatic nitrogens is 2. The van der Waals surface area contributed by atoms with Crippen LogP contribution in [0, 0.1) is 11.3 Å². The molecule has 0 saturated carbocycles. The molecule has 0 saturated heterocycles. The van der Waals surface area contributed by atoms with Crippen LogP contribution in [0.25, 0.3) is 0 Å². The highest BCUT2D eigenvalue weighted by molar-refractivity contribution is 9.10. The van der Waals surface area contributed by atoms with E-state index in [1.807, 2.05) is 6.07 Å². The van der Waals surface area contributed by atoms with Crippen molar-refractivity contribution in [3.8, 4) is 17.7 Å². The molecule has 2 aromatic rings. The van der Waals surface area contributed by atoms with E-state index in [-0.39, 0.29) is 11.6 Å². The van der Waals surface area contributed by atoms with Gasteiger partial charge < -0.3 is 4.74 Å². The van der Waals surface area contributed by atoms with E-state index in [2.05, 4.69) is 25.9 Å². The zero-order valence-corrected chi connectivity index (χ0v) is 10.7. The van der Waals surface area contributed by atoms with Crippen LogP contribution in [0.4, 0.5) is 0 Å². The quantitative estimate of drug-likeness (QED) is 0.851. The standard InChI is InChI=1S/C11H5BrClN3O/c12-7-1-2-8(13)10(5-7)17-11-9(6-14)15-3-4-16-11/h1-5H. The highest BCUT2D eigenvalue weighted by Crippen LogP contribution is 2.31. The zero-order chi connectivity index (χ0) is 12.3. The number of ether oxygens (including phenoxy) is 1. The highest BCUT2D eigenvalue weighted by Gasteiger charge is 2.09. The average molecular weight is 311 g/mol. The molecular weight excluding hydrogens is 305 g/mol. The number of hydrogen-bond acceptors (Lipinski definition) is 4. The molecule has 6 heteroatoms. The van der Waals surface area contributed by atoms with Crippen molar-refractivity contribution in [2.24, 2.45) is 0 Å². The van der Waals surface area contributed by atoms with E-state index < -0.39 is 0 Å². The molecule has 17 heavy (non-hydrogen) atoms. The van der Waals surface area contributed by atoms with E-state index >= 15 is 0 Å². The van der Waals surface area contributed by atoms with Gasteiger partial charge in [-0.2, -0.15) is 5.26 Å². The third-order valence-corrected chi connectivity index (χ3v) is 2.68. The Morgan fingerprint density at radius 3 is 2.82 bits per heavy atom. The molecule has 1 aromatic heterocycles. The van der Waals surface area contributed by atoms with Gasteiger partial charge in [0.15, 0.2) is 0 Å². The second-order valence-corrected chi connectivity index (χ2v) is 4.32. The molecule has 2 rings (SSSR count). The second-order valence-electron chi connectivity index (χ2n) is 3.00. The van der Waals surface area contributed by atoms with Crippen molar-refractivity contribution >= 4 is 27.5 Å². The lowest BCUT2D eigenvalue weighted by atomic mass is 10.3. The van der Waals surface area contributed by atoms with Crippen LogP contribution < -0.4 is 4.74 Å². The molecule has 0 aliphatic heterocycles. The predicted octanol–water partition coefficient (Wildman–Crippen LogP) is 3.56. The van der Waals surface area contributed by atoms with Gasteiger partial charge in [-0.05, 0) is 18.2 Å². The van der Waals surface area contributed by atoms with Crippen molar-refractivity contribution in [3.05, 3.63) is 45.8 Å². The van der Waals surface area contributed by atoms with Crippen LogP contribution in [0.5, 0.6) is 11.6 Å². The molecule has 1 aromatic carbocycles. The normalized spacial score (nSPS) is 9.71. The number of hydrogen-bond donors (Lipinski definition) is 0. The molecule has 0 radical (unpaired) electrons. The fourth-order valence-electron chi connectivity index (χ4n) is 1.14. The second kappa shape index (κ2) is 5.13. The van der Waals surface area contributed by atoms with Crippen molar-refractivity contribution in [1.29, 1.82) is 5.26 Å². The Labute approximate surface area is 111 Å². The molecular formula is C11H5BrClN3O. The number of nitriles is 1. The molecule has 84 valence electrons. The lowest BCUT2D eigenvalue weighted by Gasteiger charge is -2.07. The van der Waals surface area contributed by atoms with Crippen molar-refractivity contribution in [2.75, 3.05) is 0 Å². The first-order chi connectivity index (χ1) is 8.20. The molecule has 0 amide bonds. The summed E-state index contributed by atoms with van der Waals surface area (Å²) in [6.07, 6.45) is 2.87. The van der Waals surface area contributed by atoms with Crippen LogP contribution in [0.2, 0.25) is 5.02 Å². The number of benzene rings is 1. The maximum absolute atomic E-state index is 8.85. The number of halogens is 2. The third kappa shape index (κ3) is 2.73. The van der Waals surface area contributed by atoms with Gasteiger partial charge in [0.25, 0.3) is 5.88 Å². The molecule has 0 fully saturated rings. The molecule has 1 heterocycles. The molecule has 0 spiro atoms. The molecule has 0 atom stereocenters. The zero-order valence-electron chi connectivity index (χ0n) is 8.39. The first-order valence-electron chi connectivity index (χ1n) is 4.54. The summed E-state index contributed by atoms with van der Waals surface area (Å²) in [4.78, 5) is 7.78. The lowest BCUT2D eigenvalue weighted by molar-refractivity contribution is 0.458. The molecule has 0 N–H and O–H groups in total. The minimum absolute atomic E-state index is 0.114. The molecule has 0 aliphatic carbocycles. The SMILES string of the molecule is N#Cc1nccnc1Oc1cc(Br)ccc1Cl. The molecule has 0 aliphatic rings. The minimum atomic E-state index is 0.114. The van der Waals surface area contributed by atoms with E-state index in [1.54, 1.807) is 18.2 Å². The Morgan fingerprint density at radius 2 is 2.06 bits per heavy atom. The molecule has 0 unspecified atom stereocenters. The maximum atomic E-state index is 8.85. The van der Waals surface area contributed by atoms with Gasteiger partial charge in [-0.1, -0.05) is 27.5 Å². The van der Waals surface area contributed by atoms with Crippen molar-refractivity contribution in [2.45, 2.75) is 0 Å². The fraction of sp³-hybridized carbons (Fsp3) is 0. The minimum Gasteiger partial charge on any atom is -0.435 e. The van der Waals surface area contributed by atoms with Gasteiger partial charge in [-0.15, -0.1) is 0 Å². The van der Waals surface area contributed by atoms with Crippen LogP contribution in [-0.4, -0.2) is 9.97 Å². The maximum Gasteiger partial charge on any atom is 0.256 e. The van der Waals surface area contributed by atoms with E-state index in [0.29, 0.717) is 10.8 Å². The Bertz CT molecular complexity index is 598. The van der Waals surface area contributed by atoms with Crippen LogP contribution in [0.3, 0.4) is 0 Å². The summed E-state index contributed by atoms with van der Waals surface area (Å²) in [5, 5.41) is 9.28. The Hall–Kier alpha value is -1.64. The van der Waals surface area contributed by atoms with Crippen molar-refractivity contribution in [3.63, 3.8) is 0 Å². The van der Waals surface area contributed by atoms with Crippen LogP contribution in [0.15, 0.2) is 35.1 Å². The van der Waals surface area contributed by atoms with Gasteiger partial charge in [0.1, 0.15) is 11.8 Å². The van der Waals surface area contributed by atoms with Gasteiger partial charge in [0.05, 0.1) is 5.02 Å². The highest BCUT2D eigenvalue weighted by atomic mass is 79.9. The Morgan fingerprint density at radius 1 is 1.29 bits per heavy atom. The number of nitrogens with zero attached hydrogens (tertiary/aromatic N) is 3. The van der Waals surface area contributed by atoms with Gasteiger partial charge >= 0.3 is 0 Å². The molecule has 4 nitrogen and oxygen atoms in total. The summed E-state index contributed by atoms with van der Waals surface area (Å²) in [6.45, 7) is 0. The van der Waals surface area contributed by atoms with Gasteiger partial charge in [-0.25, -0.2) is 9.97 Å². The van der Waals surface area contributed by atoms with Crippen LogP contribution >= 0.6 is 27.5 Å². The first kappa shape index (κ1) is 11.8. The number of rotatable bonds is 2. The topological polar surface area (TPSA) is 58.8 Å². The summed E-state index contributed by atoms with van der Waals surface area (Å²) < 4.78 is 6.27. The van der Waals surface area contributed by atoms with Crippen LogP contribution in [0.1, 0.15) is 5.69 Å². The summed E-state index contributed by atoms with van der Waals surface area (Å²) >= 11 is 9.27. The largest absolute Gasteiger partial charge is 0.435 e. The van der Waals surface area contributed by atoms with Crippen LogP contribution in [-0.2, 0) is 0 Å². The van der Waals surface area contributed by atoms with E-state index in [1.165, 1.54) is 12.4 Å². The van der Waals surface area contributed by atoms with E-state index in [9.17, 15) is 0 Å². The van der Waals surface area contributed by atoms with Gasteiger partial charge in [-0.3, -0.25) is 0 Å². The smallest absolute Gasteiger partial charge is 0.256 e. The summed E-state index contributed by atoms with van der Waals surface area (Å²) in [7, 11) is 0. The monoisotopic (exact) mass is 309 g/mol. The van der Waals surface area contributed by atoms with Gasteiger partial charge in [0, 0.05) is 16.9 Å². The van der Waals surface area contributed by atoms with Gasteiger partial charge in [0.2, 0.25) is 5.69 Å². The average Bonchev–Trinajstić information content (AvgIpc) is 2.34. The summed E-state index contributed by atoms with van der Waals surface area (Å²) in [5.41, 5.74) is 0.114. The predicted molar refractivity (Wildman–Crippen MR) is 66.0 cm³/mol. The fourth-order valence-corrected chi connectivity index (χ4v) is 1.63. The first-order valence-corrected chi connectivity index (χ1v) is 5.72. The lowest BCUT2D eigenvalue weighted by Crippen LogP contribution is -1.94. The Kier molecular flexibility index (Phi) is 3.57. The summed E-state index contributed by atoms with van der Waals surface area (Å²) in [5.74, 6) is 0.549. The third-order valence-electron chi connectivity index (χ3n) is 1.87. The molecule has 0 bridgehead atoms. The van der Waals surface area contributed by atoms with Crippen molar-refractivity contribution in [1.82, 2.24) is 9.97 Å². The van der Waals surface area contributed by atoms with E-state index in [0.717, 1.165) is 4.47 Å².